The zero-order chi connectivity index (χ0) is 20.7. The van der Waals surface area contributed by atoms with Gasteiger partial charge in [0.05, 0.1) is 38.3 Å². The van der Waals surface area contributed by atoms with Crippen molar-refractivity contribution in [2.45, 2.75) is 25.8 Å². The van der Waals surface area contributed by atoms with Crippen LogP contribution in [-0.2, 0) is 11.2 Å². The van der Waals surface area contributed by atoms with Crippen LogP contribution in [0.2, 0.25) is 0 Å². The number of rotatable bonds is 8. The quantitative estimate of drug-likeness (QED) is 0.647. The molecule has 0 radical (unpaired) electrons. The predicted octanol–water partition coefficient (Wildman–Crippen LogP) is 2.39. The molecule has 0 unspecified atom stereocenters. The van der Waals surface area contributed by atoms with Gasteiger partial charge < -0.3 is 25.2 Å². The van der Waals surface area contributed by atoms with Crippen molar-refractivity contribution in [1.29, 1.82) is 0 Å². The Labute approximate surface area is 164 Å². The summed E-state index contributed by atoms with van der Waals surface area (Å²) in [4.78, 5) is 24.6. The predicted molar refractivity (Wildman–Crippen MR) is 107 cm³/mol. The van der Waals surface area contributed by atoms with Gasteiger partial charge in [0.15, 0.2) is 0 Å². The minimum Gasteiger partial charge on any atom is -0.497 e. The average molecular weight is 386 g/mol. The van der Waals surface area contributed by atoms with Gasteiger partial charge in [-0.3, -0.25) is 9.59 Å². The van der Waals surface area contributed by atoms with E-state index < -0.39 is 5.54 Å². The molecule has 7 nitrogen and oxygen atoms in total. The molecule has 0 aromatic heterocycles. The number of aliphatic hydroxyl groups is 1. The minimum absolute atomic E-state index is 0.140. The highest BCUT2D eigenvalue weighted by Crippen LogP contribution is 2.25. The second kappa shape index (κ2) is 9.23. The lowest BCUT2D eigenvalue weighted by Crippen LogP contribution is -2.46. The van der Waals surface area contributed by atoms with E-state index >= 15 is 0 Å². The van der Waals surface area contributed by atoms with Crippen molar-refractivity contribution in [2.24, 2.45) is 0 Å². The summed E-state index contributed by atoms with van der Waals surface area (Å²) < 4.78 is 10.4. The number of hydrogen-bond acceptors (Lipinski definition) is 5. The lowest BCUT2D eigenvalue weighted by Gasteiger charge is -2.23. The van der Waals surface area contributed by atoms with Gasteiger partial charge in [0.2, 0.25) is 5.91 Å². The van der Waals surface area contributed by atoms with Crippen molar-refractivity contribution >= 4 is 17.5 Å². The number of amides is 2. The number of anilines is 1. The molecule has 0 saturated heterocycles. The fourth-order valence-corrected chi connectivity index (χ4v) is 2.54. The summed E-state index contributed by atoms with van der Waals surface area (Å²) in [6.07, 6.45) is 0.184. The molecule has 0 fully saturated rings. The van der Waals surface area contributed by atoms with E-state index in [1.807, 2.05) is 0 Å². The van der Waals surface area contributed by atoms with Crippen LogP contribution in [0.3, 0.4) is 0 Å². The van der Waals surface area contributed by atoms with E-state index in [1.165, 1.54) is 7.11 Å². The summed E-state index contributed by atoms with van der Waals surface area (Å²) in [6, 6.07) is 12.0. The molecule has 2 rings (SSSR count). The third-order valence-corrected chi connectivity index (χ3v) is 4.10. The Morgan fingerprint density at radius 3 is 2.29 bits per heavy atom. The number of carbonyl (C=O) groups excluding carboxylic acids is 2. The van der Waals surface area contributed by atoms with E-state index in [-0.39, 0.29) is 24.8 Å². The summed E-state index contributed by atoms with van der Waals surface area (Å²) >= 11 is 0. The fourth-order valence-electron chi connectivity index (χ4n) is 2.54. The van der Waals surface area contributed by atoms with Gasteiger partial charge >= 0.3 is 0 Å². The molecule has 0 aliphatic rings. The molecule has 28 heavy (non-hydrogen) atoms. The smallest absolute Gasteiger partial charge is 0.259 e. The zero-order valence-electron chi connectivity index (χ0n) is 16.5. The summed E-state index contributed by atoms with van der Waals surface area (Å²) in [6.45, 7) is 3.35. The van der Waals surface area contributed by atoms with E-state index in [4.69, 9.17) is 9.47 Å². The van der Waals surface area contributed by atoms with Gasteiger partial charge in [-0.1, -0.05) is 12.1 Å². The van der Waals surface area contributed by atoms with Crippen molar-refractivity contribution in [1.82, 2.24) is 5.32 Å². The Morgan fingerprint density at radius 1 is 1.04 bits per heavy atom. The first-order valence-electron chi connectivity index (χ1n) is 8.82. The Balaban J connectivity index is 2.02. The maximum absolute atomic E-state index is 12.5. The molecule has 0 aliphatic carbocycles. The standard InChI is InChI=1S/C21H26N2O5/c1-21(2,13-24)23-19(25)11-14-5-7-15(8-6-14)22-20(26)17-10-9-16(27-3)12-18(17)28-4/h5-10,12,24H,11,13H2,1-4H3,(H,22,26)(H,23,25). The molecule has 2 amide bonds. The van der Waals surface area contributed by atoms with E-state index in [2.05, 4.69) is 10.6 Å². The monoisotopic (exact) mass is 386 g/mol. The van der Waals surface area contributed by atoms with Gasteiger partial charge in [0.25, 0.3) is 5.91 Å². The van der Waals surface area contributed by atoms with Crippen LogP contribution in [0.5, 0.6) is 11.5 Å². The number of hydrogen-bond donors (Lipinski definition) is 3. The molecule has 0 saturated carbocycles. The van der Waals surface area contributed by atoms with Crippen LogP contribution in [0, 0.1) is 0 Å². The maximum atomic E-state index is 12.5. The van der Waals surface area contributed by atoms with Crippen LogP contribution < -0.4 is 20.1 Å². The molecule has 0 bridgehead atoms. The number of benzene rings is 2. The molecule has 0 heterocycles. The van der Waals surface area contributed by atoms with Crippen LogP contribution in [0.25, 0.3) is 0 Å². The van der Waals surface area contributed by atoms with Crippen LogP contribution in [0.4, 0.5) is 5.69 Å². The molecule has 3 N–H and O–H groups in total. The molecule has 0 spiro atoms. The Hall–Kier alpha value is -3.06. The third kappa shape index (κ3) is 5.72. The maximum Gasteiger partial charge on any atom is 0.259 e. The SMILES string of the molecule is COc1ccc(C(=O)Nc2ccc(CC(=O)NC(C)(C)CO)cc2)c(OC)c1. The van der Waals surface area contributed by atoms with Crippen molar-refractivity contribution in [3.05, 3.63) is 53.6 Å². The number of methoxy groups -OCH3 is 2. The van der Waals surface area contributed by atoms with E-state index in [0.29, 0.717) is 22.7 Å². The third-order valence-electron chi connectivity index (χ3n) is 4.10. The van der Waals surface area contributed by atoms with Gasteiger partial charge in [0.1, 0.15) is 11.5 Å². The minimum atomic E-state index is -0.664. The number of aliphatic hydroxyl groups excluding tert-OH is 1. The normalized spacial score (nSPS) is 10.9. The first-order chi connectivity index (χ1) is 13.3. The lowest BCUT2D eigenvalue weighted by molar-refractivity contribution is -0.122. The second-order valence-corrected chi connectivity index (χ2v) is 6.98. The number of ether oxygens (including phenoxy) is 2. The van der Waals surface area contributed by atoms with Crippen LogP contribution in [0.15, 0.2) is 42.5 Å². The van der Waals surface area contributed by atoms with Gasteiger partial charge in [-0.15, -0.1) is 0 Å². The fraction of sp³-hybridized carbons (Fsp3) is 0.333. The highest BCUT2D eigenvalue weighted by Gasteiger charge is 2.19. The van der Waals surface area contributed by atoms with E-state index in [0.717, 1.165) is 5.56 Å². The van der Waals surface area contributed by atoms with Crippen LogP contribution in [0.1, 0.15) is 29.8 Å². The molecular weight excluding hydrogens is 360 g/mol. The first-order valence-corrected chi connectivity index (χ1v) is 8.82. The topological polar surface area (TPSA) is 96.9 Å². The highest BCUT2D eigenvalue weighted by atomic mass is 16.5. The van der Waals surface area contributed by atoms with Gasteiger partial charge in [-0.2, -0.15) is 0 Å². The van der Waals surface area contributed by atoms with Crippen molar-refractivity contribution in [3.63, 3.8) is 0 Å². The zero-order valence-corrected chi connectivity index (χ0v) is 16.5. The largest absolute Gasteiger partial charge is 0.497 e. The van der Waals surface area contributed by atoms with Crippen molar-refractivity contribution < 1.29 is 24.2 Å². The molecule has 150 valence electrons. The van der Waals surface area contributed by atoms with Gasteiger partial charge in [-0.25, -0.2) is 0 Å². The number of carbonyl (C=O) groups is 2. The Morgan fingerprint density at radius 2 is 1.71 bits per heavy atom. The summed E-state index contributed by atoms with van der Waals surface area (Å²) in [5.74, 6) is 0.519. The Bertz CT molecular complexity index is 831. The van der Waals surface area contributed by atoms with E-state index in [9.17, 15) is 14.7 Å². The lowest BCUT2D eigenvalue weighted by atomic mass is 10.1. The second-order valence-electron chi connectivity index (χ2n) is 6.98. The molecule has 7 heteroatoms. The average Bonchev–Trinajstić information content (AvgIpc) is 2.68. The molecule has 0 atom stereocenters. The summed E-state index contributed by atoms with van der Waals surface area (Å²) in [7, 11) is 3.03. The van der Waals surface area contributed by atoms with Crippen molar-refractivity contribution in [3.8, 4) is 11.5 Å². The summed E-state index contributed by atoms with van der Waals surface area (Å²) in [5.41, 5.74) is 1.12. The molecule has 0 aliphatic heterocycles. The van der Waals surface area contributed by atoms with Crippen LogP contribution >= 0.6 is 0 Å². The molecule has 2 aromatic carbocycles. The first kappa shape index (κ1) is 21.2. The van der Waals surface area contributed by atoms with Crippen LogP contribution in [-0.4, -0.2) is 43.3 Å². The molecular formula is C21H26N2O5. The summed E-state index contributed by atoms with van der Waals surface area (Å²) in [5, 5.41) is 14.8. The molecule has 2 aromatic rings. The highest BCUT2D eigenvalue weighted by molar-refractivity contribution is 6.06. The van der Waals surface area contributed by atoms with E-state index in [1.54, 1.807) is 63.4 Å². The Kier molecular flexibility index (Phi) is 7.00. The number of nitrogens with one attached hydrogen (secondary N) is 2. The van der Waals surface area contributed by atoms with Crippen molar-refractivity contribution in [2.75, 3.05) is 26.1 Å². The van der Waals surface area contributed by atoms with Gasteiger partial charge in [0, 0.05) is 11.8 Å². The van der Waals surface area contributed by atoms with Gasteiger partial charge in [-0.05, 0) is 43.7 Å².